The minimum Gasteiger partial charge on any atom is -0.465 e. The molecule has 0 spiro atoms. The van der Waals surface area contributed by atoms with Gasteiger partial charge in [0.15, 0.2) is 0 Å². The van der Waals surface area contributed by atoms with Crippen molar-refractivity contribution >= 4 is 11.9 Å². The standard InChI is InChI=1S/C21H24O4/c1-12(2)15-8-7-13(3)19-17(10-15)14(4)9-16(20(22)24-5)11-18(19)21(23)25-6/h7-12H,1-6H3. The van der Waals surface area contributed by atoms with Crippen LogP contribution in [0.5, 0.6) is 0 Å². The summed E-state index contributed by atoms with van der Waals surface area (Å²) in [6, 6.07) is 0. The summed E-state index contributed by atoms with van der Waals surface area (Å²) < 4.78 is 9.81. The molecular formula is C21H24O4. The molecule has 2 aliphatic rings. The molecule has 0 amide bonds. The van der Waals surface area contributed by atoms with Gasteiger partial charge in [0.05, 0.1) is 25.4 Å². The number of methoxy groups -OCH3 is 2. The van der Waals surface area contributed by atoms with Gasteiger partial charge in [-0.05, 0) is 59.8 Å². The SMILES string of the molecule is COC(=O)C1=CC(C(=O)OC)=C2C(C)=CC=C(C(C)C)C=C2C(C)=C1. The van der Waals surface area contributed by atoms with Crippen LogP contribution in [-0.4, -0.2) is 26.2 Å². The van der Waals surface area contributed by atoms with Crippen molar-refractivity contribution in [2.24, 2.45) is 5.92 Å². The third-order valence-electron chi connectivity index (χ3n) is 4.36. The van der Waals surface area contributed by atoms with Crippen LogP contribution in [0.3, 0.4) is 0 Å². The van der Waals surface area contributed by atoms with Gasteiger partial charge in [-0.25, -0.2) is 9.59 Å². The number of ether oxygens (including phenoxy) is 2. The summed E-state index contributed by atoms with van der Waals surface area (Å²) in [4.78, 5) is 24.5. The van der Waals surface area contributed by atoms with E-state index < -0.39 is 11.9 Å². The van der Waals surface area contributed by atoms with Crippen LogP contribution in [0.25, 0.3) is 0 Å². The zero-order valence-electron chi connectivity index (χ0n) is 15.6. The van der Waals surface area contributed by atoms with Gasteiger partial charge < -0.3 is 9.47 Å². The maximum atomic E-state index is 12.4. The van der Waals surface area contributed by atoms with E-state index in [1.165, 1.54) is 14.2 Å². The highest BCUT2D eigenvalue weighted by Crippen LogP contribution is 2.37. The van der Waals surface area contributed by atoms with Crippen molar-refractivity contribution in [3.63, 3.8) is 0 Å². The summed E-state index contributed by atoms with van der Waals surface area (Å²) in [6.07, 6.45) is 9.46. The molecule has 4 heteroatoms. The Labute approximate surface area is 148 Å². The molecule has 0 saturated carbocycles. The Balaban J connectivity index is 2.83. The summed E-state index contributed by atoms with van der Waals surface area (Å²) in [7, 11) is 2.66. The molecule has 0 heterocycles. The lowest BCUT2D eigenvalue weighted by Gasteiger charge is -2.15. The Morgan fingerprint density at radius 3 is 2.08 bits per heavy atom. The van der Waals surface area contributed by atoms with Gasteiger partial charge in [0.1, 0.15) is 0 Å². The van der Waals surface area contributed by atoms with Gasteiger partial charge in [0.25, 0.3) is 0 Å². The van der Waals surface area contributed by atoms with Crippen LogP contribution < -0.4 is 0 Å². The van der Waals surface area contributed by atoms with Crippen molar-refractivity contribution in [2.45, 2.75) is 27.7 Å². The first-order valence-electron chi connectivity index (χ1n) is 8.22. The largest absolute Gasteiger partial charge is 0.465 e. The number of esters is 2. The third kappa shape index (κ3) is 3.73. The Morgan fingerprint density at radius 1 is 0.880 bits per heavy atom. The molecule has 0 atom stereocenters. The number of allylic oxidation sites excluding steroid dienone is 8. The van der Waals surface area contributed by atoms with Crippen LogP contribution in [0.15, 0.2) is 69.4 Å². The second-order valence-corrected chi connectivity index (χ2v) is 6.43. The molecular weight excluding hydrogens is 316 g/mol. The Bertz CT molecular complexity index is 796. The minimum absolute atomic E-state index is 0.324. The van der Waals surface area contributed by atoms with Crippen LogP contribution in [0.2, 0.25) is 0 Å². The molecule has 0 aromatic heterocycles. The van der Waals surface area contributed by atoms with Crippen molar-refractivity contribution in [1.29, 1.82) is 0 Å². The van der Waals surface area contributed by atoms with E-state index in [-0.39, 0.29) is 0 Å². The van der Waals surface area contributed by atoms with Gasteiger partial charge in [-0.3, -0.25) is 0 Å². The topological polar surface area (TPSA) is 52.6 Å². The fourth-order valence-corrected chi connectivity index (χ4v) is 2.92. The van der Waals surface area contributed by atoms with Crippen molar-refractivity contribution in [3.8, 4) is 0 Å². The quantitative estimate of drug-likeness (QED) is 0.729. The van der Waals surface area contributed by atoms with Crippen LogP contribution in [0, 0.1) is 5.92 Å². The van der Waals surface area contributed by atoms with E-state index in [4.69, 9.17) is 9.47 Å². The molecule has 0 radical (unpaired) electrons. The number of hydrogen-bond donors (Lipinski definition) is 0. The van der Waals surface area contributed by atoms with Gasteiger partial charge in [-0.1, -0.05) is 32.1 Å². The van der Waals surface area contributed by atoms with Gasteiger partial charge in [0.2, 0.25) is 0 Å². The van der Waals surface area contributed by atoms with E-state index in [2.05, 4.69) is 26.0 Å². The molecule has 0 fully saturated rings. The molecule has 0 aromatic rings. The summed E-state index contributed by atoms with van der Waals surface area (Å²) in [6.45, 7) is 8.13. The molecule has 0 N–H and O–H groups in total. The molecule has 0 saturated heterocycles. The molecule has 2 rings (SSSR count). The summed E-state index contributed by atoms with van der Waals surface area (Å²) in [5, 5.41) is 0. The smallest absolute Gasteiger partial charge is 0.338 e. The predicted molar refractivity (Wildman–Crippen MR) is 97.7 cm³/mol. The molecule has 0 aromatic carbocycles. The first-order valence-corrected chi connectivity index (χ1v) is 8.22. The van der Waals surface area contributed by atoms with E-state index in [1.54, 1.807) is 12.2 Å². The van der Waals surface area contributed by atoms with Crippen LogP contribution in [0.1, 0.15) is 27.7 Å². The Kier molecular flexibility index (Phi) is 5.62. The predicted octanol–water partition coefficient (Wildman–Crippen LogP) is 3.98. The van der Waals surface area contributed by atoms with E-state index in [0.29, 0.717) is 17.1 Å². The van der Waals surface area contributed by atoms with Crippen molar-refractivity contribution in [3.05, 3.63) is 69.4 Å². The van der Waals surface area contributed by atoms with Crippen LogP contribution >= 0.6 is 0 Å². The van der Waals surface area contributed by atoms with Gasteiger partial charge in [0, 0.05) is 0 Å². The molecule has 25 heavy (non-hydrogen) atoms. The highest BCUT2D eigenvalue weighted by Gasteiger charge is 2.26. The first kappa shape index (κ1) is 18.7. The molecule has 132 valence electrons. The average molecular weight is 340 g/mol. The van der Waals surface area contributed by atoms with E-state index in [1.807, 2.05) is 19.9 Å². The highest BCUT2D eigenvalue weighted by atomic mass is 16.5. The van der Waals surface area contributed by atoms with Crippen LogP contribution in [0.4, 0.5) is 0 Å². The fraction of sp³-hybridized carbons (Fsp3) is 0.333. The highest BCUT2D eigenvalue weighted by molar-refractivity contribution is 6.01. The summed E-state index contributed by atoms with van der Waals surface area (Å²) >= 11 is 0. The number of carbonyl (C=O) groups excluding carboxylic acids is 2. The van der Waals surface area contributed by atoms with Crippen molar-refractivity contribution in [2.75, 3.05) is 14.2 Å². The lowest BCUT2D eigenvalue weighted by molar-refractivity contribution is -0.136. The zero-order valence-corrected chi connectivity index (χ0v) is 15.6. The number of carbonyl (C=O) groups is 2. The lowest BCUT2D eigenvalue weighted by atomic mass is 9.89. The molecule has 4 nitrogen and oxygen atoms in total. The van der Waals surface area contributed by atoms with E-state index in [0.717, 1.165) is 27.9 Å². The normalized spacial score (nSPS) is 17.3. The molecule has 2 aliphatic carbocycles. The van der Waals surface area contributed by atoms with E-state index in [9.17, 15) is 9.59 Å². The molecule has 0 aliphatic heterocycles. The number of hydrogen-bond acceptors (Lipinski definition) is 4. The molecule has 0 bridgehead atoms. The third-order valence-corrected chi connectivity index (χ3v) is 4.36. The second kappa shape index (κ2) is 7.51. The monoisotopic (exact) mass is 340 g/mol. The molecule has 0 unspecified atom stereocenters. The zero-order chi connectivity index (χ0) is 18.7. The number of rotatable bonds is 3. The van der Waals surface area contributed by atoms with Crippen molar-refractivity contribution in [1.82, 2.24) is 0 Å². The fourth-order valence-electron chi connectivity index (χ4n) is 2.92. The number of fused-ring (bicyclic) bond motifs is 1. The Morgan fingerprint density at radius 2 is 1.52 bits per heavy atom. The van der Waals surface area contributed by atoms with Gasteiger partial charge in [-0.15, -0.1) is 0 Å². The summed E-state index contributed by atoms with van der Waals surface area (Å²) in [5.41, 5.74) is 5.37. The maximum Gasteiger partial charge on any atom is 0.338 e. The summed E-state index contributed by atoms with van der Waals surface area (Å²) in [5.74, 6) is -0.632. The van der Waals surface area contributed by atoms with Gasteiger partial charge in [-0.2, -0.15) is 0 Å². The minimum atomic E-state index is -0.486. The van der Waals surface area contributed by atoms with E-state index >= 15 is 0 Å². The first-order chi connectivity index (χ1) is 11.8. The maximum absolute atomic E-state index is 12.4. The Hall–Kier alpha value is -2.62. The lowest BCUT2D eigenvalue weighted by Crippen LogP contribution is -2.10. The van der Waals surface area contributed by atoms with Gasteiger partial charge >= 0.3 is 11.9 Å². The van der Waals surface area contributed by atoms with Crippen LogP contribution in [-0.2, 0) is 19.1 Å². The van der Waals surface area contributed by atoms with Crippen molar-refractivity contribution < 1.29 is 19.1 Å². The average Bonchev–Trinajstić information content (AvgIpc) is 2.84. The second-order valence-electron chi connectivity index (χ2n) is 6.43.